The summed E-state index contributed by atoms with van der Waals surface area (Å²) in [6.07, 6.45) is 2.92. The van der Waals surface area contributed by atoms with Gasteiger partial charge in [-0.1, -0.05) is 42.1 Å². The van der Waals surface area contributed by atoms with Crippen molar-refractivity contribution in [3.05, 3.63) is 115 Å². The Kier molecular flexibility index (Phi) is 6.93. The highest BCUT2D eigenvalue weighted by molar-refractivity contribution is 7.99. The molecule has 0 aliphatic rings. The van der Waals surface area contributed by atoms with Crippen LogP contribution in [0, 0.1) is 6.92 Å². The number of hydrogen-bond donors (Lipinski definition) is 1. The minimum atomic E-state index is -3.81. The zero-order valence-corrected chi connectivity index (χ0v) is 22.9. The number of nitrogens with one attached hydrogen (secondary N) is 1. The first-order valence-electron chi connectivity index (χ1n) is 12.3. The number of sulfonamides is 1. The van der Waals surface area contributed by atoms with Crippen LogP contribution in [-0.4, -0.2) is 23.4 Å². The molecule has 0 saturated carbocycles. The smallest absolute Gasteiger partial charge is 0.253 e. The van der Waals surface area contributed by atoms with E-state index in [1.54, 1.807) is 30.0 Å². The van der Waals surface area contributed by atoms with Gasteiger partial charge in [-0.05, 0) is 84.4 Å². The zero-order chi connectivity index (χ0) is 27.5. The van der Waals surface area contributed by atoms with E-state index in [-0.39, 0.29) is 10.8 Å². The van der Waals surface area contributed by atoms with Crippen molar-refractivity contribution < 1.29 is 8.42 Å². The van der Waals surface area contributed by atoms with Gasteiger partial charge in [-0.15, -0.1) is 0 Å². The lowest BCUT2D eigenvalue weighted by Gasteiger charge is -2.11. The number of nitrogens with zero attached hydrogens (tertiary/aromatic N) is 5. The molecule has 0 radical (unpaired) electrons. The minimum absolute atomic E-state index is 0.00785. The summed E-state index contributed by atoms with van der Waals surface area (Å²) >= 11 is 1.69. The van der Waals surface area contributed by atoms with Crippen molar-refractivity contribution in [1.82, 2.24) is 15.0 Å². The van der Waals surface area contributed by atoms with E-state index < -0.39 is 10.0 Å². The summed E-state index contributed by atoms with van der Waals surface area (Å²) in [6.45, 7) is 2.01. The Morgan fingerprint density at radius 1 is 0.775 bits per heavy atom. The standard InChI is InChI=1S/C30H22N6O2S2/c1-20-19-28(29-26-6-3-2-5-21(26)7-16-27(29)33-20)39-24-12-8-22(9-13-24)34-35-23-10-14-25(15-11-23)40(37,38)36-30-31-17-4-18-32-30/h2-19H,1H3,(H,31,32,36). The lowest BCUT2D eigenvalue weighted by Crippen LogP contribution is -2.14. The normalized spacial score (nSPS) is 11.8. The molecule has 0 spiro atoms. The van der Waals surface area contributed by atoms with Crippen LogP contribution in [0.5, 0.6) is 0 Å². The van der Waals surface area contributed by atoms with E-state index in [1.165, 1.54) is 35.3 Å². The van der Waals surface area contributed by atoms with Crippen molar-refractivity contribution >= 4 is 60.8 Å². The second kappa shape index (κ2) is 10.8. The van der Waals surface area contributed by atoms with Crippen LogP contribution >= 0.6 is 11.8 Å². The van der Waals surface area contributed by atoms with Gasteiger partial charge >= 0.3 is 0 Å². The highest BCUT2D eigenvalue weighted by Gasteiger charge is 2.15. The SMILES string of the molecule is Cc1cc(Sc2ccc(N=Nc3ccc(S(=O)(=O)Nc4ncccn4)cc3)cc2)c2c(ccc3ccccc32)n1. The molecule has 10 heteroatoms. The summed E-state index contributed by atoms with van der Waals surface area (Å²) in [7, 11) is -3.81. The van der Waals surface area contributed by atoms with Crippen LogP contribution in [0.25, 0.3) is 21.7 Å². The number of aromatic nitrogens is 3. The maximum Gasteiger partial charge on any atom is 0.264 e. The molecule has 2 heterocycles. The van der Waals surface area contributed by atoms with Crippen LogP contribution in [0.2, 0.25) is 0 Å². The molecule has 0 aliphatic carbocycles. The predicted molar refractivity (Wildman–Crippen MR) is 158 cm³/mol. The van der Waals surface area contributed by atoms with E-state index >= 15 is 0 Å². The average molecular weight is 563 g/mol. The molecule has 0 aliphatic heterocycles. The highest BCUT2D eigenvalue weighted by atomic mass is 32.2. The molecular weight excluding hydrogens is 541 g/mol. The van der Waals surface area contributed by atoms with Gasteiger partial charge in [0, 0.05) is 33.3 Å². The molecule has 8 nitrogen and oxygen atoms in total. The topological polar surface area (TPSA) is 110 Å². The van der Waals surface area contributed by atoms with E-state index in [4.69, 9.17) is 4.98 Å². The van der Waals surface area contributed by atoms with Crippen molar-refractivity contribution in [2.75, 3.05) is 4.72 Å². The van der Waals surface area contributed by atoms with Crippen LogP contribution < -0.4 is 4.72 Å². The van der Waals surface area contributed by atoms with E-state index in [9.17, 15) is 8.42 Å². The van der Waals surface area contributed by atoms with Crippen molar-refractivity contribution in [2.24, 2.45) is 10.2 Å². The molecule has 0 saturated heterocycles. The Bertz CT molecular complexity index is 1960. The van der Waals surface area contributed by atoms with E-state index in [2.05, 4.69) is 61.3 Å². The quantitative estimate of drug-likeness (QED) is 0.157. The summed E-state index contributed by atoms with van der Waals surface area (Å²) in [6, 6.07) is 30.2. The van der Waals surface area contributed by atoms with E-state index in [0.29, 0.717) is 11.4 Å². The van der Waals surface area contributed by atoms with Crippen molar-refractivity contribution in [1.29, 1.82) is 0 Å². The molecule has 0 fully saturated rings. The molecule has 196 valence electrons. The van der Waals surface area contributed by atoms with Gasteiger partial charge in [-0.3, -0.25) is 4.98 Å². The fourth-order valence-electron chi connectivity index (χ4n) is 4.22. The summed E-state index contributed by atoms with van der Waals surface area (Å²) < 4.78 is 27.5. The second-order valence-electron chi connectivity index (χ2n) is 8.91. The van der Waals surface area contributed by atoms with Gasteiger partial charge in [0.1, 0.15) is 0 Å². The number of hydrogen-bond acceptors (Lipinski definition) is 8. The van der Waals surface area contributed by atoms with Gasteiger partial charge < -0.3 is 0 Å². The minimum Gasteiger partial charge on any atom is -0.253 e. The van der Waals surface area contributed by atoms with E-state index in [1.807, 2.05) is 37.3 Å². The third-order valence-corrected chi connectivity index (χ3v) is 8.47. The number of rotatable bonds is 7. The average Bonchev–Trinajstić information content (AvgIpc) is 2.97. The lowest BCUT2D eigenvalue weighted by molar-refractivity contribution is 0.601. The lowest BCUT2D eigenvalue weighted by atomic mass is 10.0. The van der Waals surface area contributed by atoms with Crippen LogP contribution in [-0.2, 0) is 10.0 Å². The molecule has 2 aromatic heterocycles. The first kappa shape index (κ1) is 25.6. The summed E-state index contributed by atoms with van der Waals surface area (Å²) in [5.74, 6) is 0.00785. The van der Waals surface area contributed by atoms with Crippen molar-refractivity contribution in [2.45, 2.75) is 21.6 Å². The van der Waals surface area contributed by atoms with Crippen LogP contribution in [0.4, 0.5) is 17.3 Å². The monoisotopic (exact) mass is 562 g/mol. The number of pyridine rings is 1. The van der Waals surface area contributed by atoms with Crippen molar-refractivity contribution in [3.63, 3.8) is 0 Å². The summed E-state index contributed by atoms with van der Waals surface area (Å²) in [5, 5.41) is 12.1. The van der Waals surface area contributed by atoms with Gasteiger partial charge in [0.2, 0.25) is 5.95 Å². The molecule has 6 aromatic rings. The number of azo groups is 1. The van der Waals surface area contributed by atoms with Crippen LogP contribution in [0.3, 0.4) is 0 Å². The fourth-order valence-corrected chi connectivity index (χ4v) is 6.25. The van der Waals surface area contributed by atoms with Gasteiger partial charge in [-0.2, -0.15) is 10.2 Å². The first-order chi connectivity index (χ1) is 19.4. The summed E-state index contributed by atoms with van der Waals surface area (Å²) in [4.78, 5) is 14.8. The van der Waals surface area contributed by atoms with E-state index in [0.717, 1.165) is 26.4 Å². The van der Waals surface area contributed by atoms with Crippen LogP contribution in [0.1, 0.15) is 5.69 Å². The number of fused-ring (bicyclic) bond motifs is 3. The Labute approximate surface area is 235 Å². The Morgan fingerprint density at radius 3 is 2.17 bits per heavy atom. The van der Waals surface area contributed by atoms with Crippen molar-refractivity contribution in [3.8, 4) is 0 Å². The molecule has 0 bridgehead atoms. The molecular formula is C30H22N6O2S2. The number of anilines is 1. The van der Waals surface area contributed by atoms with Gasteiger partial charge in [0.15, 0.2) is 0 Å². The molecule has 0 unspecified atom stereocenters. The molecule has 6 rings (SSSR count). The van der Waals surface area contributed by atoms with Crippen LogP contribution in [0.15, 0.2) is 134 Å². The third-order valence-electron chi connectivity index (χ3n) is 6.07. The van der Waals surface area contributed by atoms with Gasteiger partial charge in [0.25, 0.3) is 10.0 Å². The third kappa shape index (κ3) is 5.54. The maximum atomic E-state index is 12.6. The van der Waals surface area contributed by atoms with Gasteiger partial charge in [-0.25, -0.2) is 23.1 Å². The molecule has 0 atom stereocenters. The Hall–Kier alpha value is -4.67. The largest absolute Gasteiger partial charge is 0.264 e. The molecule has 4 aromatic carbocycles. The Balaban J connectivity index is 1.18. The fraction of sp³-hybridized carbons (Fsp3) is 0.0333. The number of aryl methyl sites for hydroxylation is 1. The maximum absolute atomic E-state index is 12.6. The molecule has 1 N–H and O–H groups in total. The predicted octanol–water partition coefficient (Wildman–Crippen LogP) is 7.85. The molecule has 40 heavy (non-hydrogen) atoms. The Morgan fingerprint density at radius 2 is 1.45 bits per heavy atom. The van der Waals surface area contributed by atoms with Gasteiger partial charge in [0.05, 0.1) is 21.8 Å². The highest BCUT2D eigenvalue weighted by Crippen LogP contribution is 2.38. The first-order valence-corrected chi connectivity index (χ1v) is 14.6. The zero-order valence-electron chi connectivity index (χ0n) is 21.3. The second-order valence-corrected chi connectivity index (χ2v) is 11.7. The summed E-state index contributed by atoms with van der Waals surface area (Å²) in [5.41, 5.74) is 3.16. The molecule has 0 amide bonds. The number of benzene rings is 4.